The van der Waals surface area contributed by atoms with E-state index in [4.69, 9.17) is 0 Å². The highest BCUT2D eigenvalue weighted by Crippen LogP contribution is 2.35. The quantitative estimate of drug-likeness (QED) is 0.414. The number of pyridine rings is 1. The third kappa shape index (κ3) is 3.98. The standard InChI is InChI=1S/C22H22F3N7O3S/c1-4-36(34,35)21-16(19-29-13-7-15(22(23,24)25)26-10-14(13)31(19)3)18-27-8-11(2)17(32(18)30-21)20(33)28-9-12-5-6-12/h7-8,10,12H,4-6,9H2,1-3H3,(H,28,33). The molecule has 0 spiro atoms. The lowest BCUT2D eigenvalue weighted by molar-refractivity contribution is -0.141. The summed E-state index contributed by atoms with van der Waals surface area (Å²) in [7, 11) is -2.42. The van der Waals surface area contributed by atoms with E-state index in [2.05, 4.69) is 25.4 Å². The Hall–Kier alpha value is -3.55. The summed E-state index contributed by atoms with van der Waals surface area (Å²) in [5.41, 5.74) is -0.236. The predicted molar refractivity (Wildman–Crippen MR) is 123 cm³/mol. The monoisotopic (exact) mass is 521 g/mol. The average Bonchev–Trinajstić information content (AvgIpc) is 3.49. The minimum absolute atomic E-state index is 0.000326. The summed E-state index contributed by atoms with van der Waals surface area (Å²) in [6, 6.07) is 0.798. The van der Waals surface area contributed by atoms with E-state index in [0.717, 1.165) is 25.1 Å². The third-order valence-electron chi connectivity index (χ3n) is 6.21. The molecule has 1 aliphatic carbocycles. The van der Waals surface area contributed by atoms with Gasteiger partial charge in [-0.05, 0) is 37.3 Å². The molecule has 14 heteroatoms. The molecule has 4 aromatic heterocycles. The number of sulfone groups is 1. The second-order valence-electron chi connectivity index (χ2n) is 8.81. The van der Waals surface area contributed by atoms with Crippen LogP contribution < -0.4 is 5.32 Å². The van der Waals surface area contributed by atoms with Crippen LogP contribution in [0.15, 0.2) is 23.5 Å². The average molecular weight is 522 g/mol. The number of aryl methyl sites for hydroxylation is 2. The zero-order chi connectivity index (χ0) is 26.0. The summed E-state index contributed by atoms with van der Waals surface area (Å²) >= 11 is 0. The van der Waals surface area contributed by atoms with E-state index in [9.17, 15) is 26.4 Å². The van der Waals surface area contributed by atoms with Crippen molar-refractivity contribution in [1.29, 1.82) is 0 Å². The SMILES string of the molecule is CCS(=O)(=O)c1nn2c(C(=O)NCC3CC3)c(C)cnc2c1-c1nc2cc(C(F)(F)F)ncc2n1C. The molecule has 0 radical (unpaired) electrons. The van der Waals surface area contributed by atoms with Gasteiger partial charge in [-0.25, -0.2) is 27.9 Å². The van der Waals surface area contributed by atoms with E-state index in [0.29, 0.717) is 18.0 Å². The maximum absolute atomic E-state index is 13.2. The van der Waals surface area contributed by atoms with Gasteiger partial charge in [0.2, 0.25) is 0 Å². The molecule has 0 aromatic carbocycles. The molecule has 1 aliphatic rings. The molecule has 1 saturated carbocycles. The fourth-order valence-electron chi connectivity index (χ4n) is 3.99. The van der Waals surface area contributed by atoms with Crippen LogP contribution in [0.1, 0.15) is 41.5 Å². The first kappa shape index (κ1) is 24.2. The Bertz CT molecular complexity index is 1640. The summed E-state index contributed by atoms with van der Waals surface area (Å²) in [6.45, 7) is 3.60. The molecule has 1 fully saturated rings. The Labute approximate surface area is 203 Å². The highest BCUT2D eigenvalue weighted by Gasteiger charge is 2.34. The van der Waals surface area contributed by atoms with E-state index in [1.165, 1.54) is 29.3 Å². The zero-order valence-electron chi connectivity index (χ0n) is 19.6. The number of fused-ring (bicyclic) bond motifs is 2. The van der Waals surface area contributed by atoms with Crippen molar-refractivity contribution in [1.82, 2.24) is 34.4 Å². The number of aromatic nitrogens is 6. The predicted octanol–water partition coefficient (Wildman–Crippen LogP) is 2.94. The lowest BCUT2D eigenvalue weighted by Crippen LogP contribution is -2.28. The first-order valence-electron chi connectivity index (χ1n) is 11.2. The first-order chi connectivity index (χ1) is 16.9. The van der Waals surface area contributed by atoms with Gasteiger partial charge in [0.05, 0.1) is 23.0 Å². The highest BCUT2D eigenvalue weighted by molar-refractivity contribution is 7.91. The van der Waals surface area contributed by atoms with Crippen LogP contribution in [-0.4, -0.2) is 55.8 Å². The van der Waals surface area contributed by atoms with Crippen LogP contribution in [0.2, 0.25) is 0 Å². The maximum Gasteiger partial charge on any atom is 0.433 e. The fourth-order valence-corrected chi connectivity index (χ4v) is 4.96. The van der Waals surface area contributed by atoms with Gasteiger partial charge in [0.15, 0.2) is 20.5 Å². The summed E-state index contributed by atoms with van der Waals surface area (Å²) < 4.78 is 68.4. The van der Waals surface area contributed by atoms with E-state index in [1.54, 1.807) is 6.92 Å². The van der Waals surface area contributed by atoms with Crippen molar-refractivity contribution >= 4 is 32.4 Å². The number of rotatable bonds is 6. The maximum atomic E-state index is 13.2. The van der Waals surface area contributed by atoms with Crippen molar-refractivity contribution in [2.45, 2.75) is 37.9 Å². The van der Waals surface area contributed by atoms with E-state index < -0.39 is 27.6 Å². The van der Waals surface area contributed by atoms with Gasteiger partial charge >= 0.3 is 6.18 Å². The third-order valence-corrected chi connectivity index (χ3v) is 7.85. The molecule has 1 N–H and O–H groups in total. The molecule has 0 unspecified atom stereocenters. The molecule has 4 heterocycles. The van der Waals surface area contributed by atoms with Gasteiger partial charge in [-0.2, -0.15) is 18.3 Å². The molecular weight excluding hydrogens is 499 g/mol. The smallest absolute Gasteiger partial charge is 0.350 e. The minimum Gasteiger partial charge on any atom is -0.350 e. The number of halogens is 3. The number of alkyl halides is 3. The molecule has 1 amide bonds. The van der Waals surface area contributed by atoms with Crippen molar-refractivity contribution in [3.8, 4) is 11.4 Å². The molecular formula is C22H22F3N7O3S. The number of amides is 1. The van der Waals surface area contributed by atoms with Crippen LogP contribution in [0.5, 0.6) is 0 Å². The van der Waals surface area contributed by atoms with Crippen molar-refractivity contribution in [3.63, 3.8) is 0 Å². The van der Waals surface area contributed by atoms with Crippen LogP contribution in [0, 0.1) is 12.8 Å². The topological polar surface area (TPSA) is 124 Å². The number of hydrogen-bond donors (Lipinski definition) is 1. The first-order valence-corrected chi connectivity index (χ1v) is 12.9. The summed E-state index contributed by atoms with van der Waals surface area (Å²) in [4.78, 5) is 25.2. The number of carbonyl (C=O) groups is 1. The Balaban J connectivity index is 1.77. The lowest BCUT2D eigenvalue weighted by atomic mass is 10.2. The molecule has 0 atom stereocenters. The molecule has 0 bridgehead atoms. The number of hydrogen-bond acceptors (Lipinski definition) is 7. The van der Waals surface area contributed by atoms with E-state index >= 15 is 0 Å². The largest absolute Gasteiger partial charge is 0.433 e. The second kappa shape index (κ2) is 8.25. The van der Waals surface area contributed by atoms with Crippen molar-refractivity contribution in [2.75, 3.05) is 12.3 Å². The molecule has 190 valence electrons. The molecule has 5 rings (SSSR count). The van der Waals surface area contributed by atoms with Crippen LogP contribution >= 0.6 is 0 Å². The summed E-state index contributed by atoms with van der Waals surface area (Å²) in [6.07, 6.45) is -0.140. The molecule has 10 nitrogen and oxygen atoms in total. The second-order valence-corrected chi connectivity index (χ2v) is 11.0. The Kier molecular flexibility index (Phi) is 5.54. The Morgan fingerprint density at radius 1 is 1.22 bits per heavy atom. The molecule has 0 saturated heterocycles. The summed E-state index contributed by atoms with van der Waals surface area (Å²) in [5.74, 6) is -0.263. The van der Waals surface area contributed by atoms with E-state index in [1.807, 2.05) is 0 Å². The number of imidazole rings is 1. The van der Waals surface area contributed by atoms with Gasteiger partial charge in [0.1, 0.15) is 22.8 Å². The fraction of sp³-hybridized carbons (Fsp3) is 0.409. The van der Waals surface area contributed by atoms with Crippen molar-refractivity contribution in [3.05, 3.63) is 35.4 Å². The van der Waals surface area contributed by atoms with E-state index in [-0.39, 0.29) is 44.5 Å². The summed E-state index contributed by atoms with van der Waals surface area (Å²) in [5, 5.41) is 6.78. The van der Waals surface area contributed by atoms with Crippen LogP contribution in [0.3, 0.4) is 0 Å². The molecule has 0 aliphatic heterocycles. The number of nitrogens with one attached hydrogen (secondary N) is 1. The van der Waals surface area contributed by atoms with Crippen molar-refractivity contribution in [2.24, 2.45) is 13.0 Å². The van der Waals surface area contributed by atoms with Gasteiger partial charge in [0.25, 0.3) is 5.91 Å². The van der Waals surface area contributed by atoms with Crippen molar-refractivity contribution < 1.29 is 26.4 Å². The van der Waals surface area contributed by atoms with Crippen LogP contribution in [0.4, 0.5) is 13.2 Å². The van der Waals surface area contributed by atoms with Gasteiger partial charge in [-0.1, -0.05) is 6.92 Å². The lowest BCUT2D eigenvalue weighted by Gasteiger charge is -2.09. The Morgan fingerprint density at radius 3 is 2.58 bits per heavy atom. The molecule has 4 aromatic rings. The highest BCUT2D eigenvalue weighted by atomic mass is 32.2. The number of carbonyl (C=O) groups excluding carboxylic acids is 1. The van der Waals surface area contributed by atoms with Gasteiger partial charge < -0.3 is 9.88 Å². The van der Waals surface area contributed by atoms with Crippen LogP contribution in [0.25, 0.3) is 28.1 Å². The molecule has 36 heavy (non-hydrogen) atoms. The zero-order valence-corrected chi connectivity index (χ0v) is 20.4. The van der Waals surface area contributed by atoms with Gasteiger partial charge in [-0.3, -0.25) is 4.79 Å². The van der Waals surface area contributed by atoms with Gasteiger partial charge in [-0.15, -0.1) is 0 Å². The van der Waals surface area contributed by atoms with Crippen LogP contribution in [-0.2, 0) is 23.1 Å². The minimum atomic E-state index is -4.67. The number of nitrogens with zero attached hydrogens (tertiary/aromatic N) is 6. The normalized spacial score (nSPS) is 14.6. The van der Waals surface area contributed by atoms with Gasteiger partial charge in [0, 0.05) is 19.8 Å². The Morgan fingerprint density at radius 2 is 1.94 bits per heavy atom.